The molecule has 1 aliphatic carbocycles. The molecule has 0 spiro atoms. The fraction of sp³-hybridized carbons (Fsp3) is 0.435. The topological polar surface area (TPSA) is 87.0 Å². The summed E-state index contributed by atoms with van der Waals surface area (Å²) in [6, 6.07) is 9.57. The van der Waals surface area contributed by atoms with Gasteiger partial charge in [0, 0.05) is 12.2 Å². The van der Waals surface area contributed by atoms with Gasteiger partial charge < -0.3 is 20.1 Å². The van der Waals surface area contributed by atoms with Crippen LogP contribution in [0.1, 0.15) is 32.1 Å². The van der Waals surface area contributed by atoms with Crippen LogP contribution in [-0.4, -0.2) is 52.3 Å². The van der Waals surface area contributed by atoms with E-state index in [2.05, 4.69) is 0 Å². The van der Waals surface area contributed by atoms with Gasteiger partial charge in [0.25, 0.3) is 0 Å². The van der Waals surface area contributed by atoms with Crippen LogP contribution in [0.4, 0.5) is 0 Å². The van der Waals surface area contributed by atoms with Crippen molar-refractivity contribution in [3.63, 3.8) is 0 Å². The largest absolute Gasteiger partial charge is 0.494 e. The molecule has 0 fully saturated rings. The maximum Gasteiger partial charge on any atom is 0.198 e. The first-order valence-electron chi connectivity index (χ1n) is 9.90. The molecule has 5 nitrogen and oxygen atoms in total. The lowest BCUT2D eigenvalue weighted by Gasteiger charge is -2.22. The monoisotopic (exact) mass is 418 g/mol. The summed E-state index contributed by atoms with van der Waals surface area (Å²) in [6.45, 7) is 0.572. The second-order valence-electron chi connectivity index (χ2n) is 6.98. The molecular formula is C23H30O5S. The minimum Gasteiger partial charge on any atom is -0.494 e. The normalized spacial score (nSPS) is 21.7. The third-order valence-electron chi connectivity index (χ3n) is 4.74. The Morgan fingerprint density at radius 1 is 1.21 bits per heavy atom. The van der Waals surface area contributed by atoms with Gasteiger partial charge in [0.05, 0.1) is 17.6 Å². The van der Waals surface area contributed by atoms with Crippen LogP contribution in [0, 0.1) is 0 Å². The Morgan fingerprint density at radius 3 is 2.66 bits per heavy atom. The first kappa shape index (κ1) is 23.4. The van der Waals surface area contributed by atoms with Gasteiger partial charge in [0.1, 0.15) is 11.4 Å². The highest BCUT2D eigenvalue weighted by atomic mass is 32.2. The second-order valence-corrected chi connectivity index (χ2v) is 7.83. The smallest absolute Gasteiger partial charge is 0.198 e. The van der Waals surface area contributed by atoms with E-state index >= 15 is 0 Å². The van der Waals surface area contributed by atoms with Crippen LogP contribution >= 0.6 is 11.8 Å². The molecule has 0 aliphatic heterocycles. The zero-order chi connectivity index (χ0) is 21.1. The summed E-state index contributed by atoms with van der Waals surface area (Å²) < 4.78 is 5.68. The lowest BCUT2D eigenvalue weighted by molar-refractivity contribution is -0.112. The van der Waals surface area contributed by atoms with Crippen LogP contribution in [0.3, 0.4) is 0 Å². The molecule has 0 saturated heterocycles. The molecule has 1 aromatic carbocycles. The van der Waals surface area contributed by atoms with E-state index in [1.165, 1.54) is 11.8 Å². The Bertz CT molecular complexity index is 741. The number of benzene rings is 1. The summed E-state index contributed by atoms with van der Waals surface area (Å²) >= 11 is 1.32. The van der Waals surface area contributed by atoms with E-state index in [-0.39, 0.29) is 12.4 Å². The first-order valence-corrected chi connectivity index (χ1v) is 11.1. The highest BCUT2D eigenvalue weighted by molar-refractivity contribution is 8.03. The van der Waals surface area contributed by atoms with Crippen molar-refractivity contribution < 1.29 is 24.9 Å². The molecule has 0 bridgehead atoms. The molecule has 0 radical (unpaired) electrons. The van der Waals surface area contributed by atoms with Crippen molar-refractivity contribution in [1.29, 1.82) is 0 Å². The summed E-state index contributed by atoms with van der Waals surface area (Å²) in [5.41, 5.74) is -0.973. The lowest BCUT2D eigenvalue weighted by atomic mass is 9.90. The Kier molecular flexibility index (Phi) is 9.67. The van der Waals surface area contributed by atoms with Crippen molar-refractivity contribution in [2.45, 2.75) is 43.8 Å². The third kappa shape index (κ3) is 7.16. The number of thioether (sulfide) groups is 1. The fourth-order valence-electron chi connectivity index (χ4n) is 3.15. The van der Waals surface area contributed by atoms with Crippen LogP contribution in [0.25, 0.3) is 0 Å². The zero-order valence-electron chi connectivity index (χ0n) is 16.8. The fourth-order valence-corrected chi connectivity index (χ4v) is 3.76. The molecular weight excluding hydrogens is 388 g/mol. The maximum absolute atomic E-state index is 12.6. The van der Waals surface area contributed by atoms with E-state index in [4.69, 9.17) is 9.84 Å². The molecule has 0 aromatic heterocycles. The van der Waals surface area contributed by atoms with Gasteiger partial charge in [-0.2, -0.15) is 0 Å². The van der Waals surface area contributed by atoms with Gasteiger partial charge in [-0.05, 0) is 56.6 Å². The van der Waals surface area contributed by atoms with Gasteiger partial charge in [0.2, 0.25) is 0 Å². The van der Waals surface area contributed by atoms with Crippen LogP contribution in [0.15, 0.2) is 65.1 Å². The molecule has 3 N–H and O–H groups in total. The Balaban J connectivity index is 1.94. The van der Waals surface area contributed by atoms with E-state index in [0.717, 1.165) is 12.2 Å². The molecule has 0 amide bonds. The molecule has 2 rings (SSSR count). The first-order chi connectivity index (χ1) is 14.0. The van der Waals surface area contributed by atoms with Crippen molar-refractivity contribution >= 4 is 17.5 Å². The van der Waals surface area contributed by atoms with Crippen LogP contribution in [0.5, 0.6) is 5.75 Å². The highest BCUT2D eigenvalue weighted by Gasteiger charge is 2.40. The molecule has 1 aliphatic rings. The van der Waals surface area contributed by atoms with Crippen molar-refractivity contribution in [2.75, 3.05) is 19.5 Å². The summed E-state index contributed by atoms with van der Waals surface area (Å²) in [4.78, 5) is 13.1. The van der Waals surface area contributed by atoms with Crippen LogP contribution < -0.4 is 4.74 Å². The summed E-state index contributed by atoms with van der Waals surface area (Å²) in [5, 5.41) is 29.7. The van der Waals surface area contributed by atoms with E-state index in [1.807, 2.05) is 36.6 Å². The van der Waals surface area contributed by atoms with Gasteiger partial charge >= 0.3 is 0 Å². The standard InChI is InChI=1S/C23H30O5S/c1-29-21-17-23(27,14-5-6-16-28-19-11-3-2-4-12-19)20(22(21)26)13-7-9-18(25)10-8-15-24/h2-4,7,9,11-13,17-18,24-25,27H,5-6,8,10,14-16H2,1H3. The van der Waals surface area contributed by atoms with E-state index in [1.54, 1.807) is 24.3 Å². The average molecular weight is 419 g/mol. The predicted octanol–water partition coefficient (Wildman–Crippen LogP) is 3.41. The predicted molar refractivity (Wildman–Crippen MR) is 117 cm³/mol. The number of carbonyl (C=O) groups excluding carboxylic acids is 1. The lowest BCUT2D eigenvalue weighted by Crippen LogP contribution is -2.28. The molecule has 29 heavy (non-hydrogen) atoms. The second kappa shape index (κ2) is 12.0. The molecule has 2 unspecified atom stereocenters. The zero-order valence-corrected chi connectivity index (χ0v) is 17.6. The third-order valence-corrected chi connectivity index (χ3v) is 5.49. The molecule has 6 heteroatoms. The van der Waals surface area contributed by atoms with Crippen LogP contribution in [0.2, 0.25) is 0 Å². The van der Waals surface area contributed by atoms with E-state index < -0.39 is 11.7 Å². The van der Waals surface area contributed by atoms with Crippen molar-refractivity contribution in [3.8, 4) is 5.75 Å². The number of aliphatic hydroxyl groups excluding tert-OH is 2. The number of para-hydroxylation sites is 1. The number of hydrogen-bond donors (Lipinski definition) is 3. The number of allylic oxidation sites excluding steroid dienone is 3. The summed E-state index contributed by atoms with van der Waals surface area (Å²) in [7, 11) is 0. The Morgan fingerprint density at radius 2 is 1.97 bits per heavy atom. The molecule has 0 heterocycles. The molecule has 158 valence electrons. The average Bonchev–Trinajstić information content (AvgIpc) is 2.97. The minimum absolute atomic E-state index is 0.0270. The van der Waals surface area contributed by atoms with E-state index in [0.29, 0.717) is 42.8 Å². The number of unbranched alkanes of at least 4 members (excludes halogenated alkanes) is 1. The Labute approximate surface area is 176 Å². The molecule has 1 aromatic rings. The number of aliphatic hydroxyl groups is 3. The van der Waals surface area contributed by atoms with Gasteiger partial charge in [-0.1, -0.05) is 36.4 Å². The molecule has 2 atom stereocenters. The maximum atomic E-state index is 12.6. The number of ether oxygens (including phenoxy) is 1. The van der Waals surface area contributed by atoms with E-state index in [9.17, 15) is 15.0 Å². The Hall–Kier alpha value is -1.86. The summed E-state index contributed by atoms with van der Waals surface area (Å²) in [5.74, 6) is 0.646. The number of carbonyl (C=O) groups is 1. The number of rotatable bonds is 12. The van der Waals surface area contributed by atoms with Gasteiger partial charge in [0.15, 0.2) is 5.78 Å². The summed E-state index contributed by atoms with van der Waals surface area (Å²) in [6.07, 6.45) is 10.4. The number of hydrogen-bond acceptors (Lipinski definition) is 6. The van der Waals surface area contributed by atoms with Gasteiger partial charge in [-0.15, -0.1) is 11.8 Å². The quantitative estimate of drug-likeness (QED) is 0.356. The van der Waals surface area contributed by atoms with Crippen molar-refractivity contribution in [2.24, 2.45) is 0 Å². The highest BCUT2D eigenvalue weighted by Crippen LogP contribution is 2.38. The number of ketones is 1. The van der Waals surface area contributed by atoms with Gasteiger partial charge in [-0.25, -0.2) is 0 Å². The van der Waals surface area contributed by atoms with Crippen molar-refractivity contribution in [1.82, 2.24) is 0 Å². The number of Topliss-reactive ketones (excluding diaryl/α,β-unsaturated/α-hetero) is 1. The minimum atomic E-state index is -1.30. The van der Waals surface area contributed by atoms with Gasteiger partial charge in [-0.3, -0.25) is 4.79 Å². The SMILES string of the molecule is CSC1=CC(O)(CCCCOc2ccccc2)C(=CC=CC(O)CCCO)C1=O. The van der Waals surface area contributed by atoms with Crippen LogP contribution in [-0.2, 0) is 4.79 Å². The van der Waals surface area contributed by atoms with Crippen molar-refractivity contribution in [3.05, 3.63) is 65.1 Å². The molecule has 0 saturated carbocycles.